The molecular formula is C13H13ClN2O. The Balaban J connectivity index is 2.12. The molecular weight excluding hydrogens is 236 g/mol. The van der Waals surface area contributed by atoms with E-state index >= 15 is 0 Å². The van der Waals surface area contributed by atoms with Crippen LogP contribution in [0.4, 0.5) is 0 Å². The van der Waals surface area contributed by atoms with Crippen LogP contribution in [0.1, 0.15) is 35.7 Å². The van der Waals surface area contributed by atoms with Gasteiger partial charge in [0.2, 0.25) is 0 Å². The number of nitriles is 1. The highest BCUT2D eigenvalue weighted by Crippen LogP contribution is 2.32. The number of carbonyl (C=O) groups is 1. The van der Waals surface area contributed by atoms with Gasteiger partial charge >= 0.3 is 0 Å². The molecule has 1 N–H and O–H groups in total. The van der Waals surface area contributed by atoms with Gasteiger partial charge in [-0.2, -0.15) is 5.26 Å². The first-order chi connectivity index (χ1) is 8.10. The molecule has 17 heavy (non-hydrogen) atoms. The number of benzene rings is 1. The Morgan fingerprint density at radius 3 is 2.82 bits per heavy atom. The average molecular weight is 249 g/mol. The molecule has 1 amide bonds. The summed E-state index contributed by atoms with van der Waals surface area (Å²) < 4.78 is 0. The molecule has 1 unspecified atom stereocenters. The molecule has 1 fully saturated rings. The molecule has 0 heterocycles. The van der Waals surface area contributed by atoms with Crippen molar-refractivity contribution >= 4 is 17.5 Å². The molecule has 0 saturated heterocycles. The van der Waals surface area contributed by atoms with Gasteiger partial charge < -0.3 is 5.32 Å². The van der Waals surface area contributed by atoms with Gasteiger partial charge in [-0.3, -0.25) is 4.79 Å². The zero-order valence-electron chi connectivity index (χ0n) is 9.53. The van der Waals surface area contributed by atoms with Crippen molar-refractivity contribution in [3.05, 3.63) is 34.3 Å². The molecule has 1 atom stereocenters. The average Bonchev–Trinajstić information content (AvgIpc) is 3.11. The van der Waals surface area contributed by atoms with E-state index in [1.807, 2.05) is 13.0 Å². The maximum Gasteiger partial charge on any atom is 0.251 e. The van der Waals surface area contributed by atoms with Crippen molar-refractivity contribution in [3.8, 4) is 6.07 Å². The highest BCUT2D eigenvalue weighted by molar-refractivity contribution is 6.31. The van der Waals surface area contributed by atoms with Crippen LogP contribution in [0.5, 0.6) is 0 Å². The quantitative estimate of drug-likeness (QED) is 0.894. The number of nitrogens with one attached hydrogen (secondary N) is 1. The maximum absolute atomic E-state index is 11.9. The molecule has 0 radical (unpaired) electrons. The van der Waals surface area contributed by atoms with Crippen LogP contribution in [0.25, 0.3) is 0 Å². The standard InChI is InChI=1S/C13H13ClN2O/c1-8(10-2-3-10)16-13(17)11-4-9(7-15)5-12(14)6-11/h4-6,8,10H,2-3H2,1H3,(H,16,17). The van der Waals surface area contributed by atoms with Crippen LogP contribution in [0.2, 0.25) is 5.02 Å². The van der Waals surface area contributed by atoms with Crippen LogP contribution in [-0.4, -0.2) is 11.9 Å². The van der Waals surface area contributed by atoms with Gasteiger partial charge in [-0.25, -0.2) is 0 Å². The Hall–Kier alpha value is -1.53. The number of rotatable bonds is 3. The summed E-state index contributed by atoms with van der Waals surface area (Å²) in [5.74, 6) is 0.442. The second-order valence-corrected chi connectivity index (χ2v) is 4.88. The maximum atomic E-state index is 11.9. The topological polar surface area (TPSA) is 52.9 Å². The molecule has 1 saturated carbocycles. The molecule has 0 bridgehead atoms. The van der Waals surface area contributed by atoms with E-state index in [4.69, 9.17) is 16.9 Å². The first-order valence-corrected chi connectivity index (χ1v) is 5.99. The lowest BCUT2D eigenvalue weighted by molar-refractivity contribution is 0.0936. The monoisotopic (exact) mass is 248 g/mol. The number of halogens is 1. The molecule has 0 spiro atoms. The lowest BCUT2D eigenvalue weighted by atomic mass is 10.1. The first-order valence-electron chi connectivity index (χ1n) is 5.61. The smallest absolute Gasteiger partial charge is 0.251 e. The van der Waals surface area contributed by atoms with Gasteiger partial charge in [-0.15, -0.1) is 0 Å². The van der Waals surface area contributed by atoms with Crippen molar-refractivity contribution in [2.45, 2.75) is 25.8 Å². The Labute approximate surface area is 105 Å². The fourth-order valence-corrected chi connectivity index (χ4v) is 2.02. The van der Waals surface area contributed by atoms with Gasteiger partial charge in [0.1, 0.15) is 0 Å². The normalized spacial score (nSPS) is 16.1. The minimum absolute atomic E-state index is 0.164. The fraction of sp³-hybridized carbons (Fsp3) is 0.385. The zero-order valence-corrected chi connectivity index (χ0v) is 10.3. The van der Waals surface area contributed by atoms with E-state index in [9.17, 15) is 4.79 Å². The van der Waals surface area contributed by atoms with E-state index in [0.29, 0.717) is 22.1 Å². The molecule has 1 aliphatic carbocycles. The van der Waals surface area contributed by atoms with Gasteiger partial charge in [0.15, 0.2) is 0 Å². The van der Waals surface area contributed by atoms with Crippen molar-refractivity contribution < 1.29 is 4.79 Å². The predicted octanol–water partition coefficient (Wildman–Crippen LogP) is 2.74. The molecule has 1 aliphatic rings. The summed E-state index contributed by atoms with van der Waals surface area (Å²) in [7, 11) is 0. The lowest BCUT2D eigenvalue weighted by Crippen LogP contribution is -2.34. The van der Waals surface area contributed by atoms with Gasteiger partial charge in [0, 0.05) is 16.6 Å². The number of nitrogens with zero attached hydrogens (tertiary/aromatic N) is 1. The van der Waals surface area contributed by atoms with E-state index in [1.165, 1.54) is 12.8 Å². The van der Waals surface area contributed by atoms with E-state index in [2.05, 4.69) is 5.32 Å². The van der Waals surface area contributed by atoms with E-state index < -0.39 is 0 Å². The van der Waals surface area contributed by atoms with Gasteiger partial charge in [-0.05, 0) is 43.9 Å². The summed E-state index contributed by atoms with van der Waals surface area (Å²) in [6.45, 7) is 2.01. The Kier molecular flexibility index (Phi) is 3.35. The van der Waals surface area contributed by atoms with Crippen LogP contribution in [0.3, 0.4) is 0 Å². The zero-order chi connectivity index (χ0) is 12.4. The SMILES string of the molecule is CC(NC(=O)c1cc(Cl)cc(C#N)c1)C1CC1. The summed E-state index contributed by atoms with van der Waals surface area (Å²) in [6.07, 6.45) is 2.36. The van der Waals surface area contributed by atoms with Gasteiger partial charge in [-0.1, -0.05) is 11.6 Å². The number of amides is 1. The van der Waals surface area contributed by atoms with Gasteiger partial charge in [0.05, 0.1) is 11.6 Å². The number of hydrogen-bond donors (Lipinski definition) is 1. The van der Waals surface area contributed by atoms with E-state index in [-0.39, 0.29) is 11.9 Å². The summed E-state index contributed by atoms with van der Waals surface area (Å²) in [6, 6.07) is 6.86. The lowest BCUT2D eigenvalue weighted by Gasteiger charge is -2.12. The molecule has 0 aromatic heterocycles. The summed E-state index contributed by atoms with van der Waals surface area (Å²) in [5, 5.41) is 12.1. The second kappa shape index (κ2) is 4.77. The number of hydrogen-bond acceptors (Lipinski definition) is 2. The van der Waals surface area contributed by atoms with Gasteiger partial charge in [0.25, 0.3) is 5.91 Å². The highest BCUT2D eigenvalue weighted by Gasteiger charge is 2.29. The van der Waals surface area contributed by atoms with E-state index in [0.717, 1.165) is 0 Å². The third-order valence-corrected chi connectivity index (χ3v) is 3.20. The fourth-order valence-electron chi connectivity index (χ4n) is 1.79. The second-order valence-electron chi connectivity index (χ2n) is 4.44. The molecule has 3 nitrogen and oxygen atoms in total. The van der Waals surface area contributed by atoms with E-state index in [1.54, 1.807) is 18.2 Å². The van der Waals surface area contributed by atoms with Crippen molar-refractivity contribution in [2.24, 2.45) is 5.92 Å². The highest BCUT2D eigenvalue weighted by atomic mass is 35.5. The molecule has 1 aromatic carbocycles. The van der Waals surface area contributed by atoms with Crippen LogP contribution in [0, 0.1) is 17.2 Å². The van der Waals surface area contributed by atoms with Crippen LogP contribution < -0.4 is 5.32 Å². The largest absolute Gasteiger partial charge is 0.349 e. The third kappa shape index (κ3) is 2.98. The molecule has 4 heteroatoms. The molecule has 2 rings (SSSR count). The third-order valence-electron chi connectivity index (χ3n) is 2.98. The van der Waals surface area contributed by atoms with Crippen molar-refractivity contribution in [2.75, 3.05) is 0 Å². The Bertz CT molecular complexity index is 489. The number of carbonyl (C=O) groups excluding carboxylic acids is 1. The van der Waals surface area contributed by atoms with Crippen molar-refractivity contribution in [1.29, 1.82) is 5.26 Å². The van der Waals surface area contributed by atoms with Crippen LogP contribution in [0.15, 0.2) is 18.2 Å². The Morgan fingerprint density at radius 2 is 2.24 bits per heavy atom. The van der Waals surface area contributed by atoms with Crippen LogP contribution in [-0.2, 0) is 0 Å². The summed E-state index contributed by atoms with van der Waals surface area (Å²) in [4.78, 5) is 11.9. The molecule has 0 aliphatic heterocycles. The van der Waals surface area contributed by atoms with Crippen molar-refractivity contribution in [3.63, 3.8) is 0 Å². The minimum Gasteiger partial charge on any atom is -0.349 e. The first kappa shape index (κ1) is 11.9. The summed E-state index contributed by atoms with van der Waals surface area (Å²) in [5.41, 5.74) is 0.850. The van der Waals surface area contributed by atoms with Crippen molar-refractivity contribution in [1.82, 2.24) is 5.32 Å². The minimum atomic E-state index is -0.164. The summed E-state index contributed by atoms with van der Waals surface area (Å²) >= 11 is 5.85. The molecule has 88 valence electrons. The Morgan fingerprint density at radius 1 is 1.53 bits per heavy atom. The predicted molar refractivity (Wildman–Crippen MR) is 65.8 cm³/mol. The van der Waals surface area contributed by atoms with Crippen LogP contribution >= 0.6 is 11.6 Å². The molecule has 1 aromatic rings.